The first-order valence-corrected chi connectivity index (χ1v) is 9.56. The normalized spacial score (nSPS) is 25.4. The first-order valence-electron chi connectivity index (χ1n) is 9.19. The van der Waals surface area contributed by atoms with E-state index in [1.807, 2.05) is 13.8 Å². The highest BCUT2D eigenvalue weighted by atomic mass is 35.5. The van der Waals surface area contributed by atoms with Gasteiger partial charge in [-0.05, 0) is 48.9 Å². The van der Waals surface area contributed by atoms with Crippen molar-refractivity contribution in [3.05, 3.63) is 44.8 Å². The van der Waals surface area contributed by atoms with Gasteiger partial charge in [0.05, 0.1) is 6.54 Å². The highest BCUT2D eigenvalue weighted by Crippen LogP contribution is 2.39. The highest BCUT2D eigenvalue weighted by Gasteiger charge is 2.54. The molecule has 6 nitrogen and oxygen atoms in total. The van der Waals surface area contributed by atoms with E-state index in [4.69, 9.17) is 16.0 Å². The summed E-state index contributed by atoms with van der Waals surface area (Å²) in [6.07, 6.45) is 3.54. The summed E-state index contributed by atoms with van der Waals surface area (Å²) < 4.78 is 5.26. The summed E-state index contributed by atoms with van der Waals surface area (Å²) >= 11 is 6.23. The second-order valence-electron chi connectivity index (χ2n) is 7.63. The molecule has 2 heterocycles. The molecule has 2 aliphatic rings. The molecule has 1 aliphatic carbocycles. The molecule has 142 valence electrons. The number of rotatable bonds is 2. The van der Waals surface area contributed by atoms with E-state index < -0.39 is 17.2 Å². The van der Waals surface area contributed by atoms with Crippen LogP contribution in [0.2, 0.25) is 5.02 Å². The first-order chi connectivity index (χ1) is 12.8. The number of carbonyl (C=O) groups excluding carboxylic acids is 2. The van der Waals surface area contributed by atoms with Crippen molar-refractivity contribution in [2.75, 3.05) is 0 Å². The molecule has 0 radical (unpaired) electrons. The minimum absolute atomic E-state index is 0.0145. The maximum Gasteiger partial charge on any atom is 0.336 e. The average Bonchev–Trinajstić information content (AvgIpc) is 2.84. The minimum Gasteiger partial charge on any atom is -0.423 e. The zero-order chi connectivity index (χ0) is 19.3. The maximum absolute atomic E-state index is 13.2. The number of imide groups is 1. The van der Waals surface area contributed by atoms with Crippen LogP contribution in [0.3, 0.4) is 0 Å². The number of amides is 3. The molecule has 4 rings (SSSR count). The maximum atomic E-state index is 13.2. The number of nitrogens with one attached hydrogen (secondary N) is 1. The monoisotopic (exact) mass is 388 g/mol. The quantitative estimate of drug-likeness (QED) is 0.627. The molecular weight excluding hydrogens is 368 g/mol. The Morgan fingerprint density at radius 1 is 1.26 bits per heavy atom. The molecule has 2 aromatic rings. The van der Waals surface area contributed by atoms with E-state index in [0.717, 1.165) is 24.8 Å². The Morgan fingerprint density at radius 3 is 2.78 bits per heavy atom. The number of fused-ring (bicyclic) bond motifs is 1. The lowest BCUT2D eigenvalue weighted by atomic mass is 9.73. The molecule has 1 N–H and O–H groups in total. The molecule has 3 amide bonds. The van der Waals surface area contributed by atoms with Crippen molar-refractivity contribution in [2.45, 2.75) is 51.6 Å². The molecule has 1 aliphatic heterocycles. The third-order valence-electron chi connectivity index (χ3n) is 5.94. The molecule has 27 heavy (non-hydrogen) atoms. The molecule has 1 saturated heterocycles. The SMILES string of the molecule is Cc1cc2oc(=O)cc(CN3C(=O)N[C@]4(CCCC[C@H]4C)C3=O)c2cc1Cl. The second kappa shape index (κ2) is 6.37. The van der Waals surface area contributed by atoms with Crippen molar-refractivity contribution >= 4 is 34.5 Å². The number of benzene rings is 1. The predicted molar refractivity (Wildman–Crippen MR) is 102 cm³/mol. The van der Waals surface area contributed by atoms with Crippen LogP contribution in [0.5, 0.6) is 0 Å². The summed E-state index contributed by atoms with van der Waals surface area (Å²) in [7, 11) is 0. The lowest BCUT2D eigenvalue weighted by molar-refractivity contribution is -0.134. The van der Waals surface area contributed by atoms with Crippen LogP contribution in [0, 0.1) is 12.8 Å². The van der Waals surface area contributed by atoms with Crippen LogP contribution in [0.25, 0.3) is 11.0 Å². The lowest BCUT2D eigenvalue weighted by Crippen LogP contribution is -2.53. The number of nitrogens with zero attached hydrogens (tertiary/aromatic N) is 1. The van der Waals surface area contributed by atoms with Gasteiger partial charge in [-0.2, -0.15) is 0 Å². The molecule has 2 fully saturated rings. The van der Waals surface area contributed by atoms with Gasteiger partial charge >= 0.3 is 11.7 Å². The van der Waals surface area contributed by atoms with E-state index in [1.54, 1.807) is 12.1 Å². The Labute approximate surface area is 161 Å². The summed E-state index contributed by atoms with van der Waals surface area (Å²) in [5.41, 5.74) is 0.388. The average molecular weight is 389 g/mol. The van der Waals surface area contributed by atoms with Gasteiger partial charge < -0.3 is 9.73 Å². The Balaban J connectivity index is 1.74. The van der Waals surface area contributed by atoms with Gasteiger partial charge in [-0.3, -0.25) is 9.69 Å². The molecule has 0 bridgehead atoms. The minimum atomic E-state index is -0.821. The fourth-order valence-electron chi connectivity index (χ4n) is 4.29. The molecule has 0 unspecified atom stereocenters. The summed E-state index contributed by atoms with van der Waals surface area (Å²) in [4.78, 5) is 39.0. The number of urea groups is 1. The summed E-state index contributed by atoms with van der Waals surface area (Å²) in [6.45, 7) is 3.84. The van der Waals surface area contributed by atoms with E-state index >= 15 is 0 Å². The zero-order valence-corrected chi connectivity index (χ0v) is 16.1. The van der Waals surface area contributed by atoms with Gasteiger partial charge in [-0.25, -0.2) is 9.59 Å². The van der Waals surface area contributed by atoms with Gasteiger partial charge in [-0.15, -0.1) is 0 Å². The van der Waals surface area contributed by atoms with Crippen molar-refractivity contribution in [3.8, 4) is 0 Å². The van der Waals surface area contributed by atoms with Crippen molar-refractivity contribution in [1.29, 1.82) is 0 Å². The van der Waals surface area contributed by atoms with E-state index in [1.165, 1.54) is 11.0 Å². The lowest BCUT2D eigenvalue weighted by Gasteiger charge is -2.36. The van der Waals surface area contributed by atoms with Crippen LogP contribution in [-0.4, -0.2) is 22.4 Å². The van der Waals surface area contributed by atoms with Gasteiger partial charge in [0, 0.05) is 16.5 Å². The van der Waals surface area contributed by atoms with Crippen LogP contribution in [0.4, 0.5) is 4.79 Å². The number of hydrogen-bond acceptors (Lipinski definition) is 4. The second-order valence-corrected chi connectivity index (χ2v) is 8.04. The Bertz CT molecular complexity index is 1010. The summed E-state index contributed by atoms with van der Waals surface area (Å²) in [5, 5.41) is 4.09. The van der Waals surface area contributed by atoms with E-state index in [9.17, 15) is 14.4 Å². The number of aryl methyl sites for hydroxylation is 1. The number of hydrogen-bond donors (Lipinski definition) is 1. The molecule has 1 spiro atoms. The van der Waals surface area contributed by atoms with Crippen LogP contribution >= 0.6 is 11.6 Å². The highest BCUT2D eigenvalue weighted by molar-refractivity contribution is 6.32. The van der Waals surface area contributed by atoms with Crippen molar-refractivity contribution in [2.24, 2.45) is 5.92 Å². The number of halogens is 1. The molecule has 2 atom stereocenters. The molecule has 1 aromatic heterocycles. The van der Waals surface area contributed by atoms with Crippen molar-refractivity contribution < 1.29 is 14.0 Å². The van der Waals surface area contributed by atoms with E-state index in [2.05, 4.69) is 5.32 Å². The summed E-state index contributed by atoms with van der Waals surface area (Å²) in [6, 6.07) is 4.32. The van der Waals surface area contributed by atoms with Gasteiger partial charge in [0.2, 0.25) is 0 Å². The van der Waals surface area contributed by atoms with Gasteiger partial charge in [0.1, 0.15) is 11.1 Å². The fraction of sp³-hybridized carbons (Fsp3) is 0.450. The smallest absolute Gasteiger partial charge is 0.336 e. The zero-order valence-electron chi connectivity index (χ0n) is 15.3. The van der Waals surface area contributed by atoms with Crippen molar-refractivity contribution in [1.82, 2.24) is 10.2 Å². The Morgan fingerprint density at radius 2 is 2.04 bits per heavy atom. The van der Waals surface area contributed by atoms with Crippen molar-refractivity contribution in [3.63, 3.8) is 0 Å². The van der Waals surface area contributed by atoms with E-state index in [0.29, 0.717) is 28.0 Å². The molecule has 7 heteroatoms. The Kier molecular flexibility index (Phi) is 4.26. The third-order valence-corrected chi connectivity index (χ3v) is 6.35. The third kappa shape index (κ3) is 2.83. The fourth-order valence-corrected chi connectivity index (χ4v) is 4.45. The molecule has 1 saturated carbocycles. The van der Waals surface area contributed by atoms with Crippen LogP contribution in [0.15, 0.2) is 27.4 Å². The Hall–Kier alpha value is -2.34. The van der Waals surface area contributed by atoms with Gasteiger partial charge in [0.25, 0.3) is 5.91 Å². The first kappa shape index (κ1) is 18.0. The number of carbonyl (C=O) groups is 2. The standard InChI is InChI=1S/C20H21ClN2O4/c1-11-7-16-14(9-15(11)21)13(8-17(24)27-16)10-23-18(25)20(22-19(23)26)6-4-3-5-12(20)2/h7-9,12H,3-6,10H2,1-2H3,(H,22,26)/t12-,20+/m1/s1. The predicted octanol–water partition coefficient (Wildman–Crippen LogP) is 3.76. The van der Waals surface area contributed by atoms with Gasteiger partial charge in [-0.1, -0.05) is 31.4 Å². The van der Waals surface area contributed by atoms with Crippen LogP contribution < -0.4 is 10.9 Å². The van der Waals surface area contributed by atoms with Gasteiger partial charge in [0.15, 0.2) is 0 Å². The molecular formula is C20H21ClN2O4. The summed E-state index contributed by atoms with van der Waals surface area (Å²) in [5.74, 6) is -0.123. The van der Waals surface area contributed by atoms with Crippen LogP contribution in [0.1, 0.15) is 43.7 Å². The topological polar surface area (TPSA) is 79.6 Å². The largest absolute Gasteiger partial charge is 0.423 e. The molecule has 1 aromatic carbocycles. The van der Waals surface area contributed by atoms with E-state index in [-0.39, 0.29) is 18.4 Å². The van der Waals surface area contributed by atoms with Crippen LogP contribution in [-0.2, 0) is 11.3 Å².